The summed E-state index contributed by atoms with van der Waals surface area (Å²) in [6.07, 6.45) is 0. The van der Waals surface area contributed by atoms with Crippen molar-refractivity contribution in [1.29, 1.82) is 0 Å². The maximum Gasteiger partial charge on any atom is 0.237 e. The second-order valence-electron chi connectivity index (χ2n) is 7.53. The Bertz CT molecular complexity index is 511. The minimum atomic E-state index is -0.792. The molecule has 1 atom stereocenters. The Morgan fingerprint density at radius 2 is 1.71 bits per heavy atom. The van der Waals surface area contributed by atoms with Gasteiger partial charge in [-0.3, -0.25) is 4.79 Å². The van der Waals surface area contributed by atoms with Gasteiger partial charge in [-0.15, -0.1) is 0 Å². The zero-order valence-corrected chi connectivity index (χ0v) is 14.0. The Kier molecular flexibility index (Phi) is 5.05. The van der Waals surface area contributed by atoms with Crippen LogP contribution in [0.3, 0.4) is 0 Å². The number of amides is 1. The third-order valence-corrected chi connectivity index (χ3v) is 3.44. The Hall–Kier alpha value is -1.55. The maximum absolute atomic E-state index is 11.0. The molecule has 0 spiro atoms. The third kappa shape index (κ3) is 4.74. The minimum absolute atomic E-state index is 0.0621. The average molecular weight is 292 g/mol. The highest BCUT2D eigenvalue weighted by Crippen LogP contribution is 2.35. The largest absolute Gasteiger partial charge is 0.491 e. The Labute approximate surface area is 127 Å². The monoisotopic (exact) mass is 292 g/mol. The zero-order chi connectivity index (χ0) is 16.4. The van der Waals surface area contributed by atoms with Crippen molar-refractivity contribution in [2.75, 3.05) is 6.61 Å². The van der Waals surface area contributed by atoms with Gasteiger partial charge in [0.15, 0.2) is 0 Å². The van der Waals surface area contributed by atoms with E-state index in [0.29, 0.717) is 0 Å². The summed E-state index contributed by atoms with van der Waals surface area (Å²) in [5.41, 5.74) is 13.1. The molecule has 0 aliphatic heterocycles. The SMILES string of the molecule is CC(C)(C)c1ccc(OCC(N)C(N)=O)c(C(C)(C)C)c1. The molecule has 0 aliphatic carbocycles. The van der Waals surface area contributed by atoms with E-state index in [1.165, 1.54) is 5.56 Å². The van der Waals surface area contributed by atoms with Crippen molar-refractivity contribution in [3.05, 3.63) is 29.3 Å². The highest BCUT2D eigenvalue weighted by atomic mass is 16.5. The van der Waals surface area contributed by atoms with Gasteiger partial charge >= 0.3 is 0 Å². The van der Waals surface area contributed by atoms with Crippen molar-refractivity contribution in [3.63, 3.8) is 0 Å². The second kappa shape index (κ2) is 6.06. The molecule has 4 nitrogen and oxygen atoms in total. The lowest BCUT2D eigenvalue weighted by atomic mass is 9.80. The van der Waals surface area contributed by atoms with E-state index < -0.39 is 11.9 Å². The molecular weight excluding hydrogens is 264 g/mol. The van der Waals surface area contributed by atoms with E-state index in [9.17, 15) is 4.79 Å². The van der Waals surface area contributed by atoms with Crippen molar-refractivity contribution in [2.24, 2.45) is 11.5 Å². The maximum atomic E-state index is 11.0. The fourth-order valence-corrected chi connectivity index (χ4v) is 1.97. The first-order valence-electron chi connectivity index (χ1n) is 7.25. The zero-order valence-electron chi connectivity index (χ0n) is 14.0. The standard InChI is InChI=1S/C17H28N2O2/c1-16(2,3)11-7-8-14(12(9-11)17(4,5)6)21-10-13(18)15(19)20/h7-9,13H,10,18H2,1-6H3,(H2,19,20). The van der Waals surface area contributed by atoms with Gasteiger partial charge in [0, 0.05) is 0 Å². The van der Waals surface area contributed by atoms with E-state index in [-0.39, 0.29) is 17.4 Å². The first-order valence-corrected chi connectivity index (χ1v) is 7.25. The lowest BCUT2D eigenvalue weighted by Gasteiger charge is -2.27. The van der Waals surface area contributed by atoms with Gasteiger partial charge in [-0.2, -0.15) is 0 Å². The van der Waals surface area contributed by atoms with Gasteiger partial charge in [0.05, 0.1) is 0 Å². The van der Waals surface area contributed by atoms with Crippen LogP contribution in [0.25, 0.3) is 0 Å². The minimum Gasteiger partial charge on any atom is -0.491 e. The number of hydrogen-bond donors (Lipinski definition) is 2. The van der Waals surface area contributed by atoms with Crippen LogP contribution >= 0.6 is 0 Å². The van der Waals surface area contributed by atoms with Gasteiger partial charge in [0.2, 0.25) is 5.91 Å². The van der Waals surface area contributed by atoms with E-state index in [1.807, 2.05) is 6.07 Å². The number of primary amides is 1. The summed E-state index contributed by atoms with van der Waals surface area (Å²) in [5, 5.41) is 0. The number of nitrogens with two attached hydrogens (primary N) is 2. The van der Waals surface area contributed by atoms with Crippen molar-refractivity contribution >= 4 is 5.91 Å². The molecule has 0 fully saturated rings. The number of carbonyl (C=O) groups is 1. The van der Waals surface area contributed by atoms with Crippen LogP contribution in [-0.2, 0) is 15.6 Å². The Morgan fingerprint density at radius 3 is 2.14 bits per heavy atom. The van der Waals surface area contributed by atoms with Crippen LogP contribution in [0.5, 0.6) is 5.75 Å². The summed E-state index contributed by atoms with van der Waals surface area (Å²) in [6.45, 7) is 13.0. The first-order chi connectivity index (χ1) is 9.43. The van der Waals surface area contributed by atoms with E-state index in [1.54, 1.807) is 0 Å². The van der Waals surface area contributed by atoms with Crippen LogP contribution in [0.15, 0.2) is 18.2 Å². The predicted octanol–water partition coefficient (Wildman–Crippen LogP) is 2.47. The molecule has 118 valence electrons. The summed E-state index contributed by atoms with van der Waals surface area (Å²) in [5.74, 6) is 0.200. The van der Waals surface area contributed by atoms with Gasteiger partial charge in [-0.05, 0) is 28.0 Å². The Morgan fingerprint density at radius 1 is 1.14 bits per heavy atom. The van der Waals surface area contributed by atoms with Crippen molar-refractivity contribution in [3.8, 4) is 5.75 Å². The lowest BCUT2D eigenvalue weighted by Crippen LogP contribution is -2.41. The molecule has 1 aromatic carbocycles. The first kappa shape index (κ1) is 17.5. The fourth-order valence-electron chi connectivity index (χ4n) is 1.97. The number of hydrogen-bond acceptors (Lipinski definition) is 3. The van der Waals surface area contributed by atoms with Gasteiger partial charge in [0.1, 0.15) is 18.4 Å². The van der Waals surface area contributed by atoms with Crippen LogP contribution < -0.4 is 16.2 Å². The Balaban J connectivity index is 3.12. The normalized spacial score (nSPS) is 13.9. The summed E-state index contributed by atoms with van der Waals surface area (Å²) >= 11 is 0. The fraction of sp³-hybridized carbons (Fsp3) is 0.588. The molecule has 0 aliphatic rings. The van der Waals surface area contributed by atoms with Crippen molar-refractivity contribution in [2.45, 2.75) is 58.4 Å². The van der Waals surface area contributed by atoms with Crippen molar-refractivity contribution in [1.82, 2.24) is 0 Å². The molecular formula is C17H28N2O2. The smallest absolute Gasteiger partial charge is 0.237 e. The van der Waals surface area contributed by atoms with Crippen LogP contribution in [0, 0.1) is 0 Å². The second-order valence-corrected chi connectivity index (χ2v) is 7.53. The van der Waals surface area contributed by atoms with E-state index in [2.05, 4.69) is 53.7 Å². The summed E-state index contributed by atoms with van der Waals surface area (Å²) < 4.78 is 5.73. The summed E-state index contributed by atoms with van der Waals surface area (Å²) in [7, 11) is 0. The number of ether oxygens (including phenoxy) is 1. The molecule has 0 radical (unpaired) electrons. The molecule has 4 N–H and O–H groups in total. The molecule has 1 unspecified atom stereocenters. The molecule has 0 saturated heterocycles. The van der Waals surface area contributed by atoms with Crippen LogP contribution in [-0.4, -0.2) is 18.6 Å². The molecule has 1 aromatic rings. The molecule has 0 heterocycles. The topological polar surface area (TPSA) is 78.3 Å². The molecule has 1 amide bonds. The predicted molar refractivity (Wildman–Crippen MR) is 86.5 cm³/mol. The van der Waals surface area contributed by atoms with E-state index in [0.717, 1.165) is 11.3 Å². The highest BCUT2D eigenvalue weighted by Gasteiger charge is 2.23. The summed E-state index contributed by atoms with van der Waals surface area (Å²) in [4.78, 5) is 11.0. The molecule has 21 heavy (non-hydrogen) atoms. The van der Waals surface area contributed by atoms with Crippen molar-refractivity contribution < 1.29 is 9.53 Å². The van der Waals surface area contributed by atoms with Gasteiger partial charge < -0.3 is 16.2 Å². The molecule has 1 rings (SSSR count). The van der Waals surface area contributed by atoms with Gasteiger partial charge in [-0.1, -0.05) is 53.7 Å². The van der Waals surface area contributed by atoms with Gasteiger partial charge in [0.25, 0.3) is 0 Å². The number of rotatable bonds is 4. The quantitative estimate of drug-likeness (QED) is 0.895. The number of benzene rings is 1. The molecule has 0 bridgehead atoms. The molecule has 0 aromatic heterocycles. The average Bonchev–Trinajstić information content (AvgIpc) is 2.33. The van der Waals surface area contributed by atoms with Crippen LogP contribution in [0.2, 0.25) is 0 Å². The summed E-state index contributed by atoms with van der Waals surface area (Å²) in [6, 6.07) is 5.39. The van der Waals surface area contributed by atoms with Crippen LogP contribution in [0.4, 0.5) is 0 Å². The van der Waals surface area contributed by atoms with E-state index in [4.69, 9.17) is 16.2 Å². The van der Waals surface area contributed by atoms with E-state index >= 15 is 0 Å². The lowest BCUT2D eigenvalue weighted by molar-refractivity contribution is -0.119. The molecule has 0 saturated carbocycles. The molecule has 4 heteroatoms. The van der Waals surface area contributed by atoms with Crippen LogP contribution in [0.1, 0.15) is 52.7 Å². The number of carbonyl (C=O) groups excluding carboxylic acids is 1. The highest BCUT2D eigenvalue weighted by molar-refractivity contribution is 5.79. The third-order valence-electron chi connectivity index (χ3n) is 3.44. The van der Waals surface area contributed by atoms with Gasteiger partial charge in [-0.25, -0.2) is 0 Å².